The highest BCUT2D eigenvalue weighted by molar-refractivity contribution is 5.77. The summed E-state index contributed by atoms with van der Waals surface area (Å²) in [6.45, 7) is 5.54. The zero-order valence-corrected chi connectivity index (χ0v) is 7.67. The van der Waals surface area contributed by atoms with Crippen LogP contribution in [0.3, 0.4) is 0 Å². The maximum atomic E-state index is 11.4. The molecule has 1 heterocycles. The molecule has 0 saturated carbocycles. The lowest BCUT2D eigenvalue weighted by molar-refractivity contribution is -0.153. The number of hydrazine groups is 1. The molecule has 1 atom stereocenters. The first-order chi connectivity index (χ1) is 5.58. The van der Waals surface area contributed by atoms with E-state index in [0.717, 1.165) is 13.0 Å². The first-order valence-corrected chi connectivity index (χ1v) is 4.25. The quantitative estimate of drug-likeness (QED) is 0.475. The highest BCUT2D eigenvalue weighted by Gasteiger charge is 2.40. The summed E-state index contributed by atoms with van der Waals surface area (Å²) >= 11 is 0. The van der Waals surface area contributed by atoms with Gasteiger partial charge >= 0.3 is 5.97 Å². The van der Waals surface area contributed by atoms with Gasteiger partial charge in [0.1, 0.15) is 0 Å². The summed E-state index contributed by atoms with van der Waals surface area (Å²) < 4.78 is 4.96. The number of esters is 1. The summed E-state index contributed by atoms with van der Waals surface area (Å²) in [5, 5.41) is 1.66. The molecule has 1 aliphatic heterocycles. The van der Waals surface area contributed by atoms with Crippen LogP contribution in [0.15, 0.2) is 0 Å². The summed E-state index contributed by atoms with van der Waals surface area (Å²) in [6.07, 6.45) is 0.794. The third-order valence-electron chi connectivity index (χ3n) is 2.27. The fourth-order valence-electron chi connectivity index (χ4n) is 1.47. The lowest BCUT2D eigenvalue weighted by Gasteiger charge is -2.20. The molecular weight excluding hydrogens is 156 g/mol. The van der Waals surface area contributed by atoms with Crippen LogP contribution in [0.5, 0.6) is 0 Å². The summed E-state index contributed by atoms with van der Waals surface area (Å²) in [5.41, 5.74) is -0.384. The van der Waals surface area contributed by atoms with Crippen LogP contribution in [-0.2, 0) is 9.53 Å². The maximum Gasteiger partial charge on any atom is 0.313 e. The minimum atomic E-state index is -0.384. The first kappa shape index (κ1) is 9.48. The van der Waals surface area contributed by atoms with Crippen molar-refractivity contribution >= 4 is 5.97 Å². The van der Waals surface area contributed by atoms with Gasteiger partial charge in [0.05, 0.1) is 12.0 Å². The number of ether oxygens (including phenoxy) is 1. The highest BCUT2D eigenvalue weighted by Crippen LogP contribution is 2.29. The van der Waals surface area contributed by atoms with E-state index in [-0.39, 0.29) is 11.4 Å². The fraction of sp³-hybridized carbons (Fsp3) is 0.875. The zero-order valence-electron chi connectivity index (χ0n) is 7.67. The van der Waals surface area contributed by atoms with Crippen molar-refractivity contribution in [1.29, 1.82) is 0 Å². The average molecular weight is 172 g/mol. The van der Waals surface area contributed by atoms with Gasteiger partial charge in [0.25, 0.3) is 0 Å². The molecule has 0 bridgehead atoms. The van der Waals surface area contributed by atoms with Crippen molar-refractivity contribution in [2.75, 3.05) is 19.7 Å². The number of nitrogens with zero attached hydrogens (tertiary/aromatic N) is 1. The third-order valence-corrected chi connectivity index (χ3v) is 2.27. The van der Waals surface area contributed by atoms with E-state index in [2.05, 4.69) is 0 Å². The van der Waals surface area contributed by atoms with Crippen molar-refractivity contribution in [1.82, 2.24) is 5.01 Å². The van der Waals surface area contributed by atoms with Crippen molar-refractivity contribution in [2.45, 2.75) is 20.3 Å². The van der Waals surface area contributed by atoms with E-state index in [1.807, 2.05) is 13.8 Å². The highest BCUT2D eigenvalue weighted by atomic mass is 16.5. The fourth-order valence-corrected chi connectivity index (χ4v) is 1.47. The number of carbonyl (C=O) groups excluding carboxylic acids is 1. The molecule has 0 aliphatic carbocycles. The topological polar surface area (TPSA) is 55.6 Å². The number of nitrogens with two attached hydrogens (primary N) is 1. The van der Waals surface area contributed by atoms with E-state index < -0.39 is 0 Å². The SMILES string of the molecule is CCOC(=O)C1(C)CCN(N)C1. The van der Waals surface area contributed by atoms with Crippen LogP contribution in [0.2, 0.25) is 0 Å². The van der Waals surface area contributed by atoms with Crippen LogP contribution < -0.4 is 5.84 Å². The number of carbonyl (C=O) groups is 1. The van der Waals surface area contributed by atoms with Gasteiger partial charge in [0.15, 0.2) is 0 Å². The van der Waals surface area contributed by atoms with Gasteiger partial charge in [0, 0.05) is 13.1 Å². The Morgan fingerprint density at radius 1 is 1.75 bits per heavy atom. The van der Waals surface area contributed by atoms with Crippen molar-refractivity contribution in [2.24, 2.45) is 11.3 Å². The van der Waals surface area contributed by atoms with Gasteiger partial charge in [-0.3, -0.25) is 10.6 Å². The van der Waals surface area contributed by atoms with Gasteiger partial charge < -0.3 is 4.74 Å². The molecule has 4 heteroatoms. The summed E-state index contributed by atoms with van der Waals surface area (Å²) in [7, 11) is 0. The van der Waals surface area contributed by atoms with Gasteiger partial charge in [-0.15, -0.1) is 0 Å². The normalized spacial score (nSPS) is 30.6. The minimum Gasteiger partial charge on any atom is -0.466 e. The molecule has 0 amide bonds. The van der Waals surface area contributed by atoms with Crippen molar-refractivity contribution in [3.8, 4) is 0 Å². The predicted molar refractivity (Wildman–Crippen MR) is 45.1 cm³/mol. The third kappa shape index (κ3) is 1.76. The second-order valence-corrected chi connectivity index (χ2v) is 3.50. The first-order valence-electron chi connectivity index (χ1n) is 4.25. The number of hydrogen-bond acceptors (Lipinski definition) is 4. The Bertz CT molecular complexity index is 184. The van der Waals surface area contributed by atoms with Crippen molar-refractivity contribution < 1.29 is 9.53 Å². The van der Waals surface area contributed by atoms with E-state index >= 15 is 0 Å². The predicted octanol–water partition coefficient (Wildman–Crippen LogP) is 0.135. The molecule has 1 fully saturated rings. The van der Waals surface area contributed by atoms with E-state index in [9.17, 15) is 4.79 Å². The Morgan fingerprint density at radius 2 is 2.42 bits per heavy atom. The molecule has 12 heavy (non-hydrogen) atoms. The van der Waals surface area contributed by atoms with Gasteiger partial charge in [-0.1, -0.05) is 0 Å². The molecule has 4 nitrogen and oxygen atoms in total. The Morgan fingerprint density at radius 3 is 2.83 bits per heavy atom. The van der Waals surface area contributed by atoms with Gasteiger partial charge in [0.2, 0.25) is 0 Å². The monoisotopic (exact) mass is 172 g/mol. The largest absolute Gasteiger partial charge is 0.466 e. The molecule has 2 N–H and O–H groups in total. The molecule has 1 unspecified atom stereocenters. The Kier molecular flexibility index (Phi) is 2.69. The summed E-state index contributed by atoms with van der Waals surface area (Å²) in [5.74, 6) is 5.44. The van der Waals surface area contributed by atoms with E-state index in [1.54, 1.807) is 5.01 Å². The van der Waals surface area contributed by atoms with E-state index in [1.165, 1.54) is 0 Å². The number of rotatable bonds is 2. The van der Waals surface area contributed by atoms with Crippen LogP contribution in [0.4, 0.5) is 0 Å². The molecule has 0 radical (unpaired) electrons. The van der Waals surface area contributed by atoms with E-state index in [0.29, 0.717) is 13.2 Å². The molecule has 0 aromatic heterocycles. The smallest absolute Gasteiger partial charge is 0.313 e. The van der Waals surface area contributed by atoms with Crippen LogP contribution in [-0.4, -0.2) is 30.7 Å². The number of hydrogen-bond donors (Lipinski definition) is 1. The molecule has 0 aromatic rings. The second kappa shape index (κ2) is 3.41. The zero-order chi connectivity index (χ0) is 9.19. The van der Waals surface area contributed by atoms with Gasteiger partial charge in [-0.05, 0) is 20.3 Å². The maximum absolute atomic E-state index is 11.4. The van der Waals surface area contributed by atoms with Crippen LogP contribution in [0.1, 0.15) is 20.3 Å². The Balaban J connectivity index is 2.54. The van der Waals surface area contributed by atoms with Gasteiger partial charge in [-0.25, -0.2) is 5.01 Å². The average Bonchev–Trinajstić information content (AvgIpc) is 2.33. The van der Waals surface area contributed by atoms with Gasteiger partial charge in [-0.2, -0.15) is 0 Å². The second-order valence-electron chi connectivity index (χ2n) is 3.50. The molecule has 1 aliphatic rings. The molecule has 1 saturated heterocycles. The van der Waals surface area contributed by atoms with Crippen LogP contribution in [0, 0.1) is 5.41 Å². The molecule has 0 aromatic carbocycles. The van der Waals surface area contributed by atoms with Crippen molar-refractivity contribution in [3.05, 3.63) is 0 Å². The molecule has 70 valence electrons. The minimum absolute atomic E-state index is 0.127. The molecule has 0 spiro atoms. The summed E-state index contributed by atoms with van der Waals surface area (Å²) in [6, 6.07) is 0. The van der Waals surface area contributed by atoms with Crippen LogP contribution >= 0.6 is 0 Å². The summed E-state index contributed by atoms with van der Waals surface area (Å²) in [4.78, 5) is 11.4. The Labute approximate surface area is 72.6 Å². The lowest BCUT2D eigenvalue weighted by atomic mass is 9.90. The van der Waals surface area contributed by atoms with Crippen LogP contribution in [0.25, 0.3) is 0 Å². The molecular formula is C8H16N2O2. The lowest BCUT2D eigenvalue weighted by Crippen LogP contribution is -2.36. The molecule has 1 rings (SSSR count). The standard InChI is InChI=1S/C8H16N2O2/c1-3-12-7(11)8(2)4-5-10(9)6-8/h3-6,9H2,1-2H3. The Hall–Kier alpha value is -0.610. The van der Waals surface area contributed by atoms with Crippen molar-refractivity contribution in [3.63, 3.8) is 0 Å². The van der Waals surface area contributed by atoms with E-state index in [4.69, 9.17) is 10.6 Å².